The topological polar surface area (TPSA) is 69.7 Å². The lowest BCUT2D eigenvalue weighted by Crippen LogP contribution is -2.32. The number of amides is 1. The lowest BCUT2D eigenvalue weighted by molar-refractivity contribution is -0.150. The van der Waals surface area contributed by atoms with Gasteiger partial charge in [0.25, 0.3) is 0 Å². The van der Waals surface area contributed by atoms with Crippen LogP contribution in [0.4, 0.5) is 30.2 Å². The fourth-order valence-electron chi connectivity index (χ4n) is 1.94. The summed E-state index contributed by atoms with van der Waals surface area (Å²) < 4.78 is 62.1. The Kier molecular flexibility index (Phi) is 3.52. The van der Waals surface area contributed by atoms with Crippen molar-refractivity contribution in [3.63, 3.8) is 0 Å². The third-order valence-corrected chi connectivity index (χ3v) is 4.77. The van der Waals surface area contributed by atoms with Gasteiger partial charge in [-0.1, -0.05) is 0 Å². The number of carbonyl (C=O) groups is 1. The largest absolute Gasteiger partial charge is 0.397 e. The maximum Gasteiger partial charge on any atom is 0.397 e. The summed E-state index contributed by atoms with van der Waals surface area (Å²) in [6.45, 7) is 0. The molecular weight excluding hydrogens is 311 g/mol. The normalized spacial score (nSPS) is 16.8. The van der Waals surface area contributed by atoms with E-state index in [0.29, 0.717) is 5.69 Å². The highest BCUT2D eigenvalue weighted by Gasteiger charge is 2.36. The number of fused-ring (bicyclic) bond motifs is 1. The van der Waals surface area contributed by atoms with E-state index in [1.54, 1.807) is 0 Å². The second-order valence-corrected chi connectivity index (χ2v) is 6.48. The van der Waals surface area contributed by atoms with Gasteiger partial charge in [-0.05, 0) is 18.2 Å². The van der Waals surface area contributed by atoms with Crippen molar-refractivity contribution in [2.24, 2.45) is 0 Å². The molecule has 0 saturated heterocycles. The number of halogens is 3. The zero-order chi connectivity index (χ0) is 16.0. The molecule has 2 rings (SSSR count). The van der Waals surface area contributed by atoms with Crippen molar-refractivity contribution >= 4 is 33.2 Å². The monoisotopic (exact) mass is 323 g/mol. The first-order valence-electron chi connectivity index (χ1n) is 5.76. The maximum absolute atomic E-state index is 12.1. The van der Waals surface area contributed by atoms with Gasteiger partial charge in [0.05, 0.1) is 11.4 Å². The summed E-state index contributed by atoms with van der Waals surface area (Å²) in [6.07, 6.45) is -6.20. The summed E-state index contributed by atoms with van der Waals surface area (Å²) in [6, 6.07) is 4.07. The van der Waals surface area contributed by atoms with Gasteiger partial charge in [-0.25, -0.2) is 0 Å². The van der Waals surface area contributed by atoms with Crippen molar-refractivity contribution in [2.75, 3.05) is 28.0 Å². The molecule has 0 aliphatic carbocycles. The lowest BCUT2D eigenvalue weighted by Gasteiger charge is -2.13. The molecule has 0 unspecified atom stereocenters. The number of hydrogen-bond donors (Lipinski definition) is 1. The highest BCUT2D eigenvalue weighted by Crippen LogP contribution is 2.40. The van der Waals surface area contributed by atoms with Crippen LogP contribution in [-0.4, -0.2) is 34.6 Å². The molecule has 21 heavy (non-hydrogen) atoms. The van der Waals surface area contributed by atoms with Crippen LogP contribution in [-0.2, 0) is 15.0 Å². The number of nitrogens with one attached hydrogen (secondary N) is 1. The summed E-state index contributed by atoms with van der Waals surface area (Å²) in [5.74, 6) is -1.21. The van der Waals surface area contributed by atoms with E-state index in [4.69, 9.17) is 0 Å². The first-order valence-corrected chi connectivity index (χ1v) is 7.15. The summed E-state index contributed by atoms with van der Waals surface area (Å²) in [5, 5.41) is 2.09. The minimum atomic E-state index is -4.60. The Morgan fingerprint density at radius 1 is 1.19 bits per heavy atom. The average Bonchev–Trinajstić information content (AvgIpc) is 2.49. The molecule has 1 aromatic carbocycles. The van der Waals surface area contributed by atoms with E-state index < -0.39 is 28.7 Å². The number of nitrogens with zero attached hydrogens (tertiary/aromatic N) is 2. The van der Waals surface area contributed by atoms with Gasteiger partial charge in [-0.3, -0.25) is 13.4 Å². The molecule has 1 aliphatic heterocycles. The summed E-state index contributed by atoms with van der Waals surface area (Å²) in [4.78, 5) is 11.2. The first kappa shape index (κ1) is 15.4. The Bertz CT molecular complexity index is 688. The fraction of sp³-hybridized carbons (Fsp3) is 0.364. The number of alkyl halides is 3. The molecule has 0 radical (unpaired) electrons. The Morgan fingerprint density at radius 3 is 2.33 bits per heavy atom. The van der Waals surface area contributed by atoms with Gasteiger partial charge in [0.1, 0.15) is 6.42 Å². The van der Waals surface area contributed by atoms with Crippen molar-refractivity contribution in [3.8, 4) is 0 Å². The molecule has 0 bridgehead atoms. The van der Waals surface area contributed by atoms with Gasteiger partial charge in [0.2, 0.25) is 5.91 Å². The number of carbonyl (C=O) groups excluding carboxylic acids is 1. The standard InChI is InChI=1S/C11H12F3N3O3S/c1-16-8-4-3-7(15-10(18)6-11(12,13)14)5-9(8)17(2)21(16,19)20/h3-5H,6H2,1-2H3,(H,15,18). The number of benzene rings is 1. The lowest BCUT2D eigenvalue weighted by atomic mass is 10.2. The molecule has 1 amide bonds. The summed E-state index contributed by atoms with van der Waals surface area (Å²) in [5.41, 5.74) is 0.758. The van der Waals surface area contributed by atoms with Crippen molar-refractivity contribution in [1.82, 2.24) is 0 Å². The van der Waals surface area contributed by atoms with Crippen LogP contribution in [0.15, 0.2) is 18.2 Å². The third-order valence-electron chi connectivity index (χ3n) is 2.99. The van der Waals surface area contributed by atoms with Crippen LogP contribution in [0, 0.1) is 0 Å². The Morgan fingerprint density at radius 2 is 1.76 bits per heavy atom. The summed E-state index contributed by atoms with van der Waals surface area (Å²) >= 11 is 0. The molecule has 116 valence electrons. The predicted molar refractivity (Wildman–Crippen MR) is 71.5 cm³/mol. The fourth-order valence-corrected chi connectivity index (χ4v) is 3.10. The van der Waals surface area contributed by atoms with E-state index in [2.05, 4.69) is 5.32 Å². The van der Waals surface area contributed by atoms with E-state index in [0.717, 1.165) is 8.61 Å². The Hall–Kier alpha value is -1.97. The minimum absolute atomic E-state index is 0.0975. The van der Waals surface area contributed by atoms with Gasteiger partial charge in [-0.2, -0.15) is 21.6 Å². The van der Waals surface area contributed by atoms with E-state index in [1.165, 1.54) is 32.3 Å². The second-order valence-electron chi connectivity index (χ2n) is 4.49. The van der Waals surface area contributed by atoms with Crippen molar-refractivity contribution in [3.05, 3.63) is 18.2 Å². The van der Waals surface area contributed by atoms with Crippen LogP contribution in [0.5, 0.6) is 0 Å². The van der Waals surface area contributed by atoms with Crippen molar-refractivity contribution < 1.29 is 26.4 Å². The predicted octanol–water partition coefficient (Wildman–Crippen LogP) is 1.71. The van der Waals surface area contributed by atoms with E-state index >= 15 is 0 Å². The van der Waals surface area contributed by atoms with Crippen LogP contribution in [0.3, 0.4) is 0 Å². The van der Waals surface area contributed by atoms with Crippen molar-refractivity contribution in [1.29, 1.82) is 0 Å². The molecule has 0 spiro atoms. The molecule has 6 nitrogen and oxygen atoms in total. The number of rotatable bonds is 2. The van der Waals surface area contributed by atoms with Crippen LogP contribution in [0.25, 0.3) is 0 Å². The quantitative estimate of drug-likeness (QED) is 0.901. The number of anilines is 3. The van der Waals surface area contributed by atoms with E-state index in [9.17, 15) is 26.4 Å². The minimum Gasteiger partial charge on any atom is -0.326 e. The van der Waals surface area contributed by atoms with Crippen LogP contribution >= 0.6 is 0 Å². The highest BCUT2D eigenvalue weighted by atomic mass is 32.2. The van der Waals surface area contributed by atoms with Gasteiger partial charge in [-0.15, -0.1) is 0 Å². The summed E-state index contributed by atoms with van der Waals surface area (Å²) in [7, 11) is -0.984. The van der Waals surface area contributed by atoms with Gasteiger partial charge < -0.3 is 5.32 Å². The molecular formula is C11H12F3N3O3S. The van der Waals surface area contributed by atoms with Crippen LogP contribution < -0.4 is 13.9 Å². The molecule has 0 fully saturated rings. The van der Waals surface area contributed by atoms with Crippen molar-refractivity contribution in [2.45, 2.75) is 12.6 Å². The smallest absolute Gasteiger partial charge is 0.326 e. The molecule has 1 aromatic rings. The zero-order valence-electron chi connectivity index (χ0n) is 11.1. The second kappa shape index (κ2) is 4.79. The molecule has 0 saturated carbocycles. The molecule has 10 heteroatoms. The van der Waals surface area contributed by atoms with E-state index in [1.807, 2.05) is 0 Å². The zero-order valence-corrected chi connectivity index (χ0v) is 11.9. The molecule has 0 atom stereocenters. The molecule has 1 N–H and O–H groups in total. The molecule has 1 aliphatic rings. The first-order chi connectivity index (χ1) is 9.52. The van der Waals surface area contributed by atoms with Crippen LogP contribution in [0.2, 0.25) is 0 Å². The van der Waals surface area contributed by atoms with Crippen LogP contribution in [0.1, 0.15) is 6.42 Å². The average molecular weight is 323 g/mol. The molecule has 0 aromatic heterocycles. The van der Waals surface area contributed by atoms with Gasteiger partial charge in [0, 0.05) is 19.8 Å². The molecule has 1 heterocycles. The van der Waals surface area contributed by atoms with E-state index in [-0.39, 0.29) is 11.4 Å². The number of hydrogen-bond acceptors (Lipinski definition) is 3. The Labute approximate surface area is 119 Å². The Balaban J connectivity index is 2.25. The maximum atomic E-state index is 12.1. The highest BCUT2D eigenvalue weighted by molar-refractivity contribution is 7.94. The van der Waals surface area contributed by atoms with Gasteiger partial charge in [0.15, 0.2) is 0 Å². The van der Waals surface area contributed by atoms with Gasteiger partial charge >= 0.3 is 16.4 Å². The third kappa shape index (κ3) is 2.89. The SMILES string of the molecule is CN1c2ccc(NC(=O)CC(F)(F)F)cc2N(C)S1(=O)=O.